The van der Waals surface area contributed by atoms with Crippen molar-refractivity contribution in [3.8, 4) is 5.88 Å². The van der Waals surface area contributed by atoms with Crippen molar-refractivity contribution in [1.29, 1.82) is 0 Å². The minimum absolute atomic E-state index is 0.00105. The number of pyridine rings is 1. The average Bonchev–Trinajstić information content (AvgIpc) is 2.78. The van der Waals surface area contributed by atoms with Gasteiger partial charge in [0, 0.05) is 18.2 Å². The molecule has 0 aliphatic heterocycles. The molecule has 2 aromatic rings. The summed E-state index contributed by atoms with van der Waals surface area (Å²) in [6.07, 6.45) is 0.428. The molecule has 4 N–H and O–H groups in total. The second-order valence-corrected chi connectivity index (χ2v) is 8.28. The molecule has 0 aliphatic rings. The zero-order chi connectivity index (χ0) is 26.2. The Hall–Kier alpha value is -4.35. The Balaban J connectivity index is 2.03. The van der Waals surface area contributed by atoms with Crippen LogP contribution in [0.1, 0.15) is 36.7 Å². The SMILES string of the molecule is COC(=O)c1cc(OC)ncc1NC(=O)Nc1ccc(C[C@H](NC(=O)OC(C)(C)C)C(=O)O)cc1. The number of rotatable bonds is 8. The summed E-state index contributed by atoms with van der Waals surface area (Å²) in [7, 11) is 2.59. The van der Waals surface area contributed by atoms with Crippen molar-refractivity contribution in [2.75, 3.05) is 24.9 Å². The molecule has 188 valence electrons. The number of alkyl carbamates (subject to hydrolysis) is 1. The third-order valence-electron chi connectivity index (χ3n) is 4.38. The summed E-state index contributed by atoms with van der Waals surface area (Å²) < 4.78 is 14.8. The van der Waals surface area contributed by atoms with E-state index < -0.39 is 35.7 Å². The molecule has 1 heterocycles. The molecule has 0 radical (unpaired) electrons. The first-order valence-corrected chi connectivity index (χ1v) is 10.4. The van der Waals surface area contributed by atoms with Gasteiger partial charge in [0.2, 0.25) is 5.88 Å². The van der Waals surface area contributed by atoms with E-state index >= 15 is 0 Å². The number of nitrogens with one attached hydrogen (secondary N) is 3. The monoisotopic (exact) mass is 488 g/mol. The normalized spacial score (nSPS) is 11.6. The summed E-state index contributed by atoms with van der Waals surface area (Å²) in [5.41, 5.74) is 0.415. The lowest BCUT2D eigenvalue weighted by atomic mass is 10.1. The highest BCUT2D eigenvalue weighted by molar-refractivity contribution is 6.05. The van der Waals surface area contributed by atoms with Gasteiger partial charge in [0.1, 0.15) is 11.6 Å². The number of esters is 1. The van der Waals surface area contributed by atoms with E-state index in [9.17, 15) is 24.3 Å². The maximum Gasteiger partial charge on any atom is 0.408 e. The van der Waals surface area contributed by atoms with Gasteiger partial charge in [0.25, 0.3) is 0 Å². The van der Waals surface area contributed by atoms with E-state index in [0.29, 0.717) is 11.3 Å². The highest BCUT2D eigenvalue weighted by atomic mass is 16.6. The summed E-state index contributed by atoms with van der Waals surface area (Å²) >= 11 is 0. The molecule has 0 aliphatic carbocycles. The molecular weight excluding hydrogens is 460 g/mol. The van der Waals surface area contributed by atoms with Gasteiger partial charge in [-0.15, -0.1) is 0 Å². The van der Waals surface area contributed by atoms with Crippen molar-refractivity contribution in [3.05, 3.63) is 47.7 Å². The lowest BCUT2D eigenvalue weighted by Gasteiger charge is -2.22. The van der Waals surface area contributed by atoms with Crippen molar-refractivity contribution in [2.24, 2.45) is 0 Å². The van der Waals surface area contributed by atoms with E-state index in [1.165, 1.54) is 26.5 Å². The molecule has 0 fully saturated rings. The number of methoxy groups -OCH3 is 2. The van der Waals surface area contributed by atoms with Crippen LogP contribution in [-0.4, -0.2) is 60.0 Å². The molecule has 35 heavy (non-hydrogen) atoms. The standard InChI is InChI=1S/C23H28N4O8/c1-23(2,3)35-22(32)27-16(19(28)29)10-13-6-8-14(9-7-13)25-21(31)26-17-12-24-18(33-4)11-15(17)20(30)34-5/h6-9,11-12,16H,10H2,1-5H3,(H,27,32)(H,28,29)(H2,25,26,31)/t16-/m0/s1. The Labute approximate surface area is 202 Å². The third-order valence-corrected chi connectivity index (χ3v) is 4.38. The fourth-order valence-corrected chi connectivity index (χ4v) is 2.82. The van der Waals surface area contributed by atoms with Crippen LogP contribution < -0.4 is 20.7 Å². The minimum Gasteiger partial charge on any atom is -0.481 e. The van der Waals surface area contributed by atoms with Crippen LogP contribution in [0.25, 0.3) is 0 Å². The van der Waals surface area contributed by atoms with E-state index in [1.807, 2.05) is 0 Å². The fraction of sp³-hybridized carbons (Fsp3) is 0.348. The summed E-state index contributed by atoms with van der Waals surface area (Å²) in [5, 5.41) is 16.9. The van der Waals surface area contributed by atoms with Gasteiger partial charge < -0.3 is 35.3 Å². The average molecular weight is 488 g/mol. The lowest BCUT2D eigenvalue weighted by molar-refractivity contribution is -0.139. The van der Waals surface area contributed by atoms with Gasteiger partial charge in [-0.25, -0.2) is 24.2 Å². The molecule has 0 saturated carbocycles. The number of amides is 3. The quantitative estimate of drug-likeness (QED) is 0.409. The maximum absolute atomic E-state index is 12.4. The van der Waals surface area contributed by atoms with Gasteiger partial charge in [0.05, 0.1) is 31.7 Å². The summed E-state index contributed by atoms with van der Waals surface area (Å²) in [4.78, 5) is 51.8. The zero-order valence-electron chi connectivity index (χ0n) is 20.0. The van der Waals surface area contributed by atoms with Crippen LogP contribution in [0, 0.1) is 0 Å². The van der Waals surface area contributed by atoms with Gasteiger partial charge in [-0.05, 0) is 38.5 Å². The summed E-state index contributed by atoms with van der Waals surface area (Å²) in [5.74, 6) is -1.72. The second kappa shape index (κ2) is 11.7. The summed E-state index contributed by atoms with van der Waals surface area (Å²) in [6, 6.07) is 5.83. The predicted octanol–water partition coefficient (Wildman–Crippen LogP) is 3.04. The summed E-state index contributed by atoms with van der Waals surface area (Å²) in [6.45, 7) is 5.02. The number of urea groups is 1. The van der Waals surface area contributed by atoms with Crippen LogP contribution in [0.4, 0.5) is 21.0 Å². The molecule has 2 rings (SSSR count). The van der Waals surface area contributed by atoms with Crippen LogP contribution in [0.3, 0.4) is 0 Å². The Kier molecular flexibility index (Phi) is 8.98. The number of hydrogen-bond acceptors (Lipinski definition) is 8. The predicted molar refractivity (Wildman–Crippen MR) is 126 cm³/mol. The number of aromatic nitrogens is 1. The van der Waals surface area contributed by atoms with E-state index in [-0.39, 0.29) is 23.6 Å². The number of carboxylic acid groups (broad SMARTS) is 1. The largest absolute Gasteiger partial charge is 0.481 e. The van der Waals surface area contributed by atoms with Crippen molar-refractivity contribution < 1.29 is 38.5 Å². The van der Waals surface area contributed by atoms with Crippen LogP contribution in [0.15, 0.2) is 36.5 Å². The smallest absolute Gasteiger partial charge is 0.408 e. The molecule has 0 unspecified atom stereocenters. The molecule has 12 heteroatoms. The van der Waals surface area contributed by atoms with Crippen LogP contribution in [0.5, 0.6) is 5.88 Å². The molecule has 0 bridgehead atoms. The number of ether oxygens (including phenoxy) is 3. The van der Waals surface area contributed by atoms with Gasteiger partial charge >= 0.3 is 24.1 Å². The highest BCUT2D eigenvalue weighted by Crippen LogP contribution is 2.21. The van der Waals surface area contributed by atoms with E-state index in [0.717, 1.165) is 0 Å². The van der Waals surface area contributed by atoms with Crippen molar-refractivity contribution in [3.63, 3.8) is 0 Å². The minimum atomic E-state index is -1.22. The Bertz CT molecular complexity index is 1080. The fourth-order valence-electron chi connectivity index (χ4n) is 2.82. The molecule has 1 atom stereocenters. The van der Waals surface area contributed by atoms with Crippen LogP contribution in [0.2, 0.25) is 0 Å². The van der Waals surface area contributed by atoms with Crippen LogP contribution >= 0.6 is 0 Å². The molecule has 12 nitrogen and oxygen atoms in total. The first-order valence-electron chi connectivity index (χ1n) is 10.4. The molecule has 1 aromatic carbocycles. The van der Waals surface area contributed by atoms with E-state index in [1.54, 1.807) is 45.0 Å². The van der Waals surface area contributed by atoms with Crippen molar-refractivity contribution >= 4 is 35.4 Å². The Morgan fingerprint density at radius 1 is 1.06 bits per heavy atom. The molecule has 0 saturated heterocycles. The molecule has 1 aromatic heterocycles. The third kappa shape index (κ3) is 8.50. The van der Waals surface area contributed by atoms with Crippen molar-refractivity contribution in [2.45, 2.75) is 38.8 Å². The number of carbonyl (C=O) groups excluding carboxylic acids is 3. The number of anilines is 2. The van der Waals surface area contributed by atoms with Crippen LogP contribution in [-0.2, 0) is 20.7 Å². The number of carboxylic acids is 1. The topological polar surface area (TPSA) is 165 Å². The molecular formula is C23H28N4O8. The van der Waals surface area contributed by atoms with Gasteiger partial charge in [0.15, 0.2) is 0 Å². The molecule has 3 amide bonds. The van der Waals surface area contributed by atoms with E-state index in [2.05, 4.69) is 20.9 Å². The highest BCUT2D eigenvalue weighted by Gasteiger charge is 2.24. The maximum atomic E-state index is 12.4. The zero-order valence-corrected chi connectivity index (χ0v) is 20.0. The number of aliphatic carboxylic acids is 1. The number of hydrogen-bond donors (Lipinski definition) is 4. The number of nitrogens with zero attached hydrogens (tertiary/aromatic N) is 1. The van der Waals surface area contributed by atoms with Crippen molar-refractivity contribution in [1.82, 2.24) is 10.3 Å². The first kappa shape index (κ1) is 26.9. The lowest BCUT2D eigenvalue weighted by Crippen LogP contribution is -2.44. The van der Waals surface area contributed by atoms with Gasteiger partial charge in [-0.3, -0.25) is 0 Å². The first-order chi connectivity index (χ1) is 16.4. The number of carbonyl (C=O) groups is 4. The van der Waals surface area contributed by atoms with Gasteiger partial charge in [-0.2, -0.15) is 0 Å². The molecule has 0 spiro atoms. The second-order valence-electron chi connectivity index (χ2n) is 8.28. The van der Waals surface area contributed by atoms with E-state index in [4.69, 9.17) is 14.2 Å². The number of benzene rings is 1. The Morgan fingerprint density at radius 2 is 1.71 bits per heavy atom. The Morgan fingerprint density at radius 3 is 2.26 bits per heavy atom. The van der Waals surface area contributed by atoms with Gasteiger partial charge in [-0.1, -0.05) is 12.1 Å².